The molecule has 0 bridgehead atoms. The van der Waals surface area contributed by atoms with Gasteiger partial charge in [-0.2, -0.15) is 0 Å². The van der Waals surface area contributed by atoms with Crippen LogP contribution in [0, 0.1) is 0 Å². The number of amides is 2. The van der Waals surface area contributed by atoms with Gasteiger partial charge in [-0.15, -0.1) is 11.8 Å². The number of carbonyl (C=O) groups is 3. The Morgan fingerprint density at radius 1 is 1.44 bits per heavy atom. The highest BCUT2D eigenvalue weighted by atomic mass is 32.2. The number of nitrogens with zero attached hydrogens (tertiary/aromatic N) is 3. The van der Waals surface area contributed by atoms with Crippen LogP contribution in [0.2, 0.25) is 0 Å². The summed E-state index contributed by atoms with van der Waals surface area (Å²) in [6.07, 6.45) is 5.83. The molecule has 2 saturated heterocycles. The van der Waals surface area contributed by atoms with E-state index in [1.54, 1.807) is 11.0 Å². The van der Waals surface area contributed by atoms with E-state index in [4.69, 9.17) is 5.73 Å². The van der Waals surface area contributed by atoms with Crippen molar-refractivity contribution >= 4 is 35.2 Å². The number of pyridine rings is 1. The molecule has 4 rings (SSSR count). The highest BCUT2D eigenvalue weighted by Crippen LogP contribution is 2.40. The van der Waals surface area contributed by atoms with Crippen LogP contribution in [0.4, 0.5) is 5.69 Å². The van der Waals surface area contributed by atoms with Gasteiger partial charge in [0.1, 0.15) is 24.2 Å². The number of thioether (sulfide) groups is 1. The monoisotopic (exact) mass is 386 g/mol. The predicted octanol–water partition coefficient (Wildman–Crippen LogP) is -1.58. The molecule has 0 aromatic carbocycles. The summed E-state index contributed by atoms with van der Waals surface area (Å²) >= 11 is 1.40. The summed E-state index contributed by atoms with van der Waals surface area (Å²) < 4.78 is 1.86. The van der Waals surface area contributed by atoms with Crippen LogP contribution in [-0.2, 0) is 21.4 Å². The van der Waals surface area contributed by atoms with Crippen LogP contribution in [0.15, 0.2) is 47.4 Å². The number of carbonyl (C=O) groups excluding carboxylic acids is 3. The molecule has 2 fully saturated rings. The quantitative estimate of drug-likeness (QED) is 0.381. The Labute approximate surface area is 159 Å². The molecule has 1 aromatic heterocycles. The molecule has 2 N–H and O–H groups in total. The van der Waals surface area contributed by atoms with Crippen molar-refractivity contribution in [2.45, 2.75) is 17.8 Å². The fourth-order valence-electron chi connectivity index (χ4n) is 3.58. The molecule has 0 aliphatic carbocycles. The van der Waals surface area contributed by atoms with E-state index in [9.17, 15) is 19.5 Å². The molecule has 9 heteroatoms. The van der Waals surface area contributed by atoms with E-state index in [1.165, 1.54) is 16.7 Å². The topological polar surface area (TPSA) is 111 Å². The molecule has 3 aliphatic heterocycles. The van der Waals surface area contributed by atoms with E-state index in [0.29, 0.717) is 29.9 Å². The second kappa shape index (κ2) is 6.50. The number of fused-ring (bicyclic) bond motifs is 1. The van der Waals surface area contributed by atoms with Gasteiger partial charge in [-0.1, -0.05) is 0 Å². The zero-order valence-electron chi connectivity index (χ0n) is 14.6. The molecule has 27 heavy (non-hydrogen) atoms. The van der Waals surface area contributed by atoms with Crippen molar-refractivity contribution in [2.75, 3.05) is 17.2 Å². The first kappa shape index (κ1) is 17.7. The summed E-state index contributed by atoms with van der Waals surface area (Å²) in [6.45, 7) is 0.520. The molecule has 0 spiro atoms. The van der Waals surface area contributed by atoms with Crippen molar-refractivity contribution in [2.24, 2.45) is 12.8 Å². The fraction of sp³-hybridized carbons (Fsp3) is 0.333. The smallest absolute Gasteiger partial charge is 0.254 e. The lowest BCUT2D eigenvalue weighted by Crippen LogP contribution is -2.69. The maximum atomic E-state index is 12.8. The summed E-state index contributed by atoms with van der Waals surface area (Å²) in [4.78, 5) is 39.3. The number of aliphatic carboxylic acids is 1. The molecular formula is C18H18N4O4S. The van der Waals surface area contributed by atoms with Crippen molar-refractivity contribution in [3.63, 3.8) is 0 Å². The number of hydrogen-bond donors (Lipinski definition) is 1. The molecule has 2 amide bonds. The van der Waals surface area contributed by atoms with Gasteiger partial charge < -0.3 is 20.5 Å². The number of allylic oxidation sites excluding steroid dienone is 1. The van der Waals surface area contributed by atoms with Gasteiger partial charge in [0, 0.05) is 23.9 Å². The Kier molecular flexibility index (Phi) is 4.27. The first-order valence-electron chi connectivity index (χ1n) is 8.51. The third kappa shape index (κ3) is 2.83. The van der Waals surface area contributed by atoms with Gasteiger partial charge in [0.15, 0.2) is 12.4 Å². The summed E-state index contributed by atoms with van der Waals surface area (Å²) in [5.41, 5.74) is 7.29. The summed E-state index contributed by atoms with van der Waals surface area (Å²) in [6, 6.07) is 3.02. The van der Waals surface area contributed by atoms with Crippen LogP contribution in [0.1, 0.15) is 6.42 Å². The molecule has 2 atom stereocenters. The number of hydrogen-bond acceptors (Lipinski definition) is 6. The van der Waals surface area contributed by atoms with Gasteiger partial charge in [-0.05, 0) is 24.1 Å². The minimum absolute atomic E-state index is 0.162. The van der Waals surface area contributed by atoms with Gasteiger partial charge in [0.05, 0.1) is 11.7 Å². The molecule has 8 nitrogen and oxygen atoms in total. The minimum atomic E-state index is -1.43. The molecule has 140 valence electrons. The SMILES string of the molecule is C[n+]1cccc(N2CCC(=CC3=C(C(=O)[O-])N4C(=O)[C@@H](N)[C@H]4SC3)C2=O)c1. The zero-order valence-corrected chi connectivity index (χ0v) is 15.4. The van der Waals surface area contributed by atoms with Gasteiger partial charge in [0.2, 0.25) is 5.91 Å². The second-order valence-corrected chi connectivity index (χ2v) is 7.81. The average molecular weight is 386 g/mol. The Morgan fingerprint density at radius 3 is 2.93 bits per heavy atom. The van der Waals surface area contributed by atoms with E-state index in [0.717, 1.165) is 5.69 Å². The molecule has 0 saturated carbocycles. The van der Waals surface area contributed by atoms with E-state index < -0.39 is 17.9 Å². The Balaban J connectivity index is 1.66. The van der Waals surface area contributed by atoms with Crippen LogP contribution in [0.25, 0.3) is 0 Å². The minimum Gasteiger partial charge on any atom is -0.543 e. The summed E-state index contributed by atoms with van der Waals surface area (Å²) in [7, 11) is 1.88. The lowest BCUT2D eigenvalue weighted by Gasteiger charge is -2.49. The van der Waals surface area contributed by atoms with Gasteiger partial charge in [0.25, 0.3) is 5.91 Å². The number of β-lactam (4-membered cyclic amide) rings is 1. The number of aromatic nitrogens is 1. The summed E-state index contributed by atoms with van der Waals surface area (Å²) in [5.74, 6) is -1.66. The van der Waals surface area contributed by atoms with Crippen molar-refractivity contribution in [3.8, 4) is 0 Å². The van der Waals surface area contributed by atoms with Crippen LogP contribution >= 0.6 is 11.8 Å². The van der Waals surface area contributed by atoms with Gasteiger partial charge >= 0.3 is 0 Å². The fourth-order valence-corrected chi connectivity index (χ4v) is 4.83. The highest BCUT2D eigenvalue weighted by molar-refractivity contribution is 8.00. The van der Waals surface area contributed by atoms with E-state index in [1.807, 2.05) is 36.1 Å². The van der Waals surface area contributed by atoms with Crippen molar-refractivity contribution in [1.82, 2.24) is 4.90 Å². The third-order valence-corrected chi connectivity index (χ3v) is 6.26. The Hall–Kier alpha value is -2.65. The van der Waals surface area contributed by atoms with Crippen LogP contribution in [-0.4, -0.2) is 46.4 Å². The number of rotatable bonds is 3. The van der Waals surface area contributed by atoms with Crippen LogP contribution in [0.5, 0.6) is 0 Å². The van der Waals surface area contributed by atoms with E-state index in [-0.39, 0.29) is 17.0 Å². The lowest BCUT2D eigenvalue weighted by molar-refractivity contribution is -0.670. The molecule has 1 aromatic rings. The Bertz CT molecular complexity index is 926. The van der Waals surface area contributed by atoms with E-state index >= 15 is 0 Å². The second-order valence-electron chi connectivity index (χ2n) is 6.70. The van der Waals surface area contributed by atoms with Gasteiger partial charge in [-0.3, -0.25) is 14.5 Å². The van der Waals surface area contributed by atoms with Gasteiger partial charge in [-0.25, -0.2) is 4.57 Å². The molecule has 4 heterocycles. The lowest BCUT2D eigenvalue weighted by atomic mass is 10.0. The molecule has 0 radical (unpaired) electrons. The summed E-state index contributed by atoms with van der Waals surface area (Å²) in [5, 5.41) is 11.3. The standard InChI is InChI=1S/C18H18N4O4S/c1-20-5-2-3-12(8-20)21-6-4-10(15(21)23)7-11-9-27-17-13(19)16(24)22(17)14(11)18(25)26/h2-3,5,7-8,13,17H,4,6,9,19H2,1H3/t13-,17-/m1/s1. The predicted molar refractivity (Wildman–Crippen MR) is 95.8 cm³/mol. The number of nitrogens with two attached hydrogens (primary N) is 1. The maximum Gasteiger partial charge on any atom is 0.254 e. The highest BCUT2D eigenvalue weighted by Gasteiger charge is 2.50. The molecular weight excluding hydrogens is 368 g/mol. The zero-order chi connectivity index (χ0) is 19.3. The van der Waals surface area contributed by atoms with Crippen molar-refractivity contribution in [1.29, 1.82) is 0 Å². The first-order valence-corrected chi connectivity index (χ1v) is 9.56. The largest absolute Gasteiger partial charge is 0.543 e. The third-order valence-electron chi connectivity index (χ3n) is 4.94. The normalized spacial score (nSPS) is 26.5. The number of aryl methyl sites for hydroxylation is 1. The number of carboxylic acid groups (broad SMARTS) is 1. The van der Waals surface area contributed by atoms with E-state index in [2.05, 4.69) is 0 Å². The first-order chi connectivity index (χ1) is 12.9. The van der Waals surface area contributed by atoms with Crippen LogP contribution in [0.3, 0.4) is 0 Å². The number of anilines is 1. The maximum absolute atomic E-state index is 12.8. The van der Waals surface area contributed by atoms with Crippen molar-refractivity contribution in [3.05, 3.63) is 47.4 Å². The number of carboxylic acids is 1. The van der Waals surface area contributed by atoms with Crippen molar-refractivity contribution < 1.29 is 24.1 Å². The molecule has 3 aliphatic rings. The molecule has 0 unspecified atom stereocenters. The Morgan fingerprint density at radius 2 is 2.22 bits per heavy atom. The average Bonchev–Trinajstić information content (AvgIpc) is 3.01. The van der Waals surface area contributed by atoms with Crippen LogP contribution < -0.4 is 20.3 Å².